The standard InChI is InChI=1S/C8H8BNO3/c1-5-7-4-6(9(11)12)2-3-8(7)13-10-5/h2-4,11-12H,1H3. The fourth-order valence-corrected chi connectivity index (χ4v) is 1.24. The molecule has 66 valence electrons. The predicted octanol–water partition coefficient (Wildman–Crippen LogP) is -0.184. The second kappa shape index (κ2) is 2.87. The van der Waals surface area contributed by atoms with E-state index >= 15 is 0 Å². The number of benzene rings is 1. The van der Waals surface area contributed by atoms with Gasteiger partial charge in [-0.3, -0.25) is 0 Å². The summed E-state index contributed by atoms with van der Waals surface area (Å²) in [6.07, 6.45) is 0. The van der Waals surface area contributed by atoms with Crippen LogP contribution in [0.2, 0.25) is 0 Å². The van der Waals surface area contributed by atoms with Crippen LogP contribution in [-0.4, -0.2) is 22.3 Å². The number of nitrogens with zero attached hydrogens (tertiary/aromatic N) is 1. The van der Waals surface area contributed by atoms with Gasteiger partial charge >= 0.3 is 7.12 Å². The molecule has 0 saturated heterocycles. The van der Waals surface area contributed by atoms with Crippen molar-refractivity contribution in [3.63, 3.8) is 0 Å². The zero-order chi connectivity index (χ0) is 9.42. The van der Waals surface area contributed by atoms with Gasteiger partial charge < -0.3 is 14.6 Å². The molecule has 0 amide bonds. The molecule has 0 spiro atoms. The minimum absolute atomic E-state index is 0.443. The Bertz CT molecular complexity index is 438. The van der Waals surface area contributed by atoms with Crippen LogP contribution in [0, 0.1) is 6.92 Å². The van der Waals surface area contributed by atoms with Crippen LogP contribution in [0.4, 0.5) is 0 Å². The Balaban J connectivity index is 2.66. The van der Waals surface area contributed by atoms with Crippen LogP contribution < -0.4 is 5.46 Å². The number of hydrogen-bond acceptors (Lipinski definition) is 4. The third kappa shape index (κ3) is 1.32. The Morgan fingerprint density at radius 1 is 1.38 bits per heavy atom. The maximum Gasteiger partial charge on any atom is 0.488 e. The zero-order valence-corrected chi connectivity index (χ0v) is 7.06. The summed E-state index contributed by atoms with van der Waals surface area (Å²) in [7, 11) is -1.45. The number of aryl methyl sites for hydroxylation is 1. The van der Waals surface area contributed by atoms with Crippen LogP contribution in [0.15, 0.2) is 22.7 Å². The highest BCUT2D eigenvalue weighted by atomic mass is 16.5. The lowest BCUT2D eigenvalue weighted by atomic mass is 9.80. The van der Waals surface area contributed by atoms with Crippen molar-refractivity contribution in [2.45, 2.75) is 6.92 Å². The molecule has 1 heterocycles. The van der Waals surface area contributed by atoms with Crippen molar-refractivity contribution in [3.8, 4) is 0 Å². The van der Waals surface area contributed by atoms with Gasteiger partial charge in [0.1, 0.15) is 0 Å². The summed E-state index contributed by atoms with van der Waals surface area (Å²) in [5.74, 6) is 0. The van der Waals surface area contributed by atoms with Gasteiger partial charge in [0.25, 0.3) is 0 Å². The highest BCUT2D eigenvalue weighted by Gasteiger charge is 2.13. The predicted molar refractivity (Wildman–Crippen MR) is 48.6 cm³/mol. The highest BCUT2D eigenvalue weighted by Crippen LogP contribution is 2.15. The fourth-order valence-electron chi connectivity index (χ4n) is 1.24. The first-order valence-corrected chi connectivity index (χ1v) is 3.90. The van der Waals surface area contributed by atoms with Gasteiger partial charge in [0.05, 0.1) is 5.69 Å². The van der Waals surface area contributed by atoms with Gasteiger partial charge in [-0.05, 0) is 24.5 Å². The Morgan fingerprint density at radius 2 is 2.15 bits per heavy atom. The van der Waals surface area contributed by atoms with E-state index in [1.165, 1.54) is 0 Å². The summed E-state index contributed by atoms with van der Waals surface area (Å²) in [6, 6.07) is 4.92. The van der Waals surface area contributed by atoms with Crippen molar-refractivity contribution in [2.24, 2.45) is 0 Å². The maximum absolute atomic E-state index is 8.92. The third-order valence-electron chi connectivity index (χ3n) is 1.97. The Hall–Kier alpha value is -1.33. The minimum Gasteiger partial charge on any atom is -0.423 e. The van der Waals surface area contributed by atoms with E-state index in [4.69, 9.17) is 14.6 Å². The summed E-state index contributed by atoms with van der Waals surface area (Å²) in [5.41, 5.74) is 1.85. The fraction of sp³-hybridized carbons (Fsp3) is 0.125. The Labute approximate surface area is 74.9 Å². The second-order valence-corrected chi connectivity index (χ2v) is 2.90. The summed E-state index contributed by atoms with van der Waals surface area (Å²) in [5, 5.41) is 22.4. The maximum atomic E-state index is 8.92. The first kappa shape index (κ1) is 8.28. The molecule has 0 saturated carbocycles. The number of hydrogen-bond donors (Lipinski definition) is 2. The van der Waals surface area contributed by atoms with E-state index in [0.717, 1.165) is 11.1 Å². The van der Waals surface area contributed by atoms with Crippen LogP contribution in [0.3, 0.4) is 0 Å². The summed E-state index contributed by atoms with van der Waals surface area (Å²) in [4.78, 5) is 0. The molecule has 2 N–H and O–H groups in total. The molecule has 4 nitrogen and oxygen atoms in total. The average Bonchev–Trinajstić information content (AvgIpc) is 2.47. The van der Waals surface area contributed by atoms with Gasteiger partial charge in [0, 0.05) is 5.39 Å². The van der Waals surface area contributed by atoms with Crippen molar-refractivity contribution in [1.82, 2.24) is 5.16 Å². The van der Waals surface area contributed by atoms with Gasteiger partial charge in [-0.1, -0.05) is 11.2 Å². The van der Waals surface area contributed by atoms with E-state index in [-0.39, 0.29) is 0 Å². The lowest BCUT2D eigenvalue weighted by molar-refractivity contribution is 0.426. The number of aromatic nitrogens is 1. The largest absolute Gasteiger partial charge is 0.488 e. The van der Waals surface area contributed by atoms with E-state index in [2.05, 4.69) is 5.16 Å². The van der Waals surface area contributed by atoms with E-state index in [9.17, 15) is 0 Å². The zero-order valence-electron chi connectivity index (χ0n) is 7.06. The lowest BCUT2D eigenvalue weighted by Crippen LogP contribution is -2.29. The summed E-state index contributed by atoms with van der Waals surface area (Å²) < 4.78 is 4.97. The molecule has 2 rings (SSSR count). The van der Waals surface area contributed by atoms with E-state index < -0.39 is 7.12 Å². The smallest absolute Gasteiger partial charge is 0.423 e. The molecule has 0 aliphatic rings. The molecule has 0 fully saturated rings. The molecule has 5 heteroatoms. The topological polar surface area (TPSA) is 66.5 Å². The highest BCUT2D eigenvalue weighted by molar-refractivity contribution is 6.58. The number of fused-ring (bicyclic) bond motifs is 1. The monoisotopic (exact) mass is 177 g/mol. The normalized spacial score (nSPS) is 10.7. The second-order valence-electron chi connectivity index (χ2n) is 2.90. The van der Waals surface area contributed by atoms with Crippen molar-refractivity contribution in [3.05, 3.63) is 23.9 Å². The minimum atomic E-state index is -1.45. The quantitative estimate of drug-likeness (QED) is 0.592. The Morgan fingerprint density at radius 3 is 2.85 bits per heavy atom. The van der Waals surface area contributed by atoms with Gasteiger partial charge in [-0.25, -0.2) is 0 Å². The van der Waals surface area contributed by atoms with Crippen molar-refractivity contribution in [1.29, 1.82) is 0 Å². The van der Waals surface area contributed by atoms with Crippen LogP contribution in [0.1, 0.15) is 5.69 Å². The van der Waals surface area contributed by atoms with Crippen molar-refractivity contribution in [2.75, 3.05) is 0 Å². The first-order valence-electron chi connectivity index (χ1n) is 3.90. The molecule has 0 atom stereocenters. The molecule has 0 unspecified atom stereocenters. The van der Waals surface area contributed by atoms with Crippen molar-refractivity contribution >= 4 is 23.6 Å². The summed E-state index contributed by atoms with van der Waals surface area (Å²) >= 11 is 0. The van der Waals surface area contributed by atoms with Crippen molar-refractivity contribution < 1.29 is 14.6 Å². The first-order chi connectivity index (χ1) is 6.18. The van der Waals surface area contributed by atoms with Crippen LogP contribution in [-0.2, 0) is 0 Å². The van der Waals surface area contributed by atoms with Crippen LogP contribution in [0.25, 0.3) is 11.0 Å². The SMILES string of the molecule is Cc1noc2ccc(B(O)O)cc12. The van der Waals surface area contributed by atoms with Gasteiger partial charge in [0.2, 0.25) is 0 Å². The molecule has 0 aliphatic carbocycles. The molecule has 1 aromatic carbocycles. The van der Waals surface area contributed by atoms with Crippen LogP contribution in [0.5, 0.6) is 0 Å². The van der Waals surface area contributed by atoms with Gasteiger partial charge in [-0.2, -0.15) is 0 Å². The van der Waals surface area contributed by atoms with Gasteiger partial charge in [-0.15, -0.1) is 0 Å². The van der Waals surface area contributed by atoms with E-state index in [0.29, 0.717) is 11.0 Å². The lowest BCUT2D eigenvalue weighted by Gasteiger charge is -1.97. The molecule has 0 bridgehead atoms. The molecule has 0 aliphatic heterocycles. The van der Waals surface area contributed by atoms with E-state index in [1.807, 2.05) is 0 Å². The molecule has 13 heavy (non-hydrogen) atoms. The summed E-state index contributed by atoms with van der Waals surface area (Å²) in [6.45, 7) is 1.80. The average molecular weight is 177 g/mol. The molecular formula is C8H8BNO3. The molecule has 1 aromatic heterocycles. The van der Waals surface area contributed by atoms with Crippen LogP contribution >= 0.6 is 0 Å². The Kier molecular flexibility index (Phi) is 1.83. The molecular weight excluding hydrogens is 169 g/mol. The third-order valence-corrected chi connectivity index (χ3v) is 1.97. The van der Waals surface area contributed by atoms with Gasteiger partial charge in [0.15, 0.2) is 5.58 Å². The van der Waals surface area contributed by atoms with E-state index in [1.54, 1.807) is 25.1 Å². The number of rotatable bonds is 1. The molecule has 2 aromatic rings. The molecule has 0 radical (unpaired) electrons.